The van der Waals surface area contributed by atoms with Crippen LogP contribution in [0, 0.1) is 0 Å². The van der Waals surface area contributed by atoms with Crippen molar-refractivity contribution in [1.82, 2.24) is 10.3 Å². The molecular formula is C14H19ClN2O3. The SMILES string of the molecule is COCC(C)(CCO)NC(=O)/C=C/c1ccnc(Cl)c1. The van der Waals surface area contributed by atoms with Gasteiger partial charge in [0.1, 0.15) is 5.15 Å². The maximum absolute atomic E-state index is 11.9. The summed E-state index contributed by atoms with van der Waals surface area (Å²) in [5.74, 6) is -0.258. The molecular weight excluding hydrogens is 280 g/mol. The molecule has 110 valence electrons. The van der Waals surface area contributed by atoms with Crippen LogP contribution >= 0.6 is 11.6 Å². The van der Waals surface area contributed by atoms with Crippen LogP contribution in [0.2, 0.25) is 5.15 Å². The summed E-state index contributed by atoms with van der Waals surface area (Å²) >= 11 is 5.76. The van der Waals surface area contributed by atoms with Crippen molar-refractivity contribution in [3.05, 3.63) is 35.1 Å². The lowest BCUT2D eigenvalue weighted by Gasteiger charge is -2.28. The summed E-state index contributed by atoms with van der Waals surface area (Å²) in [5.41, 5.74) is 0.191. The van der Waals surface area contributed by atoms with Crippen molar-refractivity contribution in [2.45, 2.75) is 18.9 Å². The molecule has 0 aliphatic heterocycles. The number of rotatable bonds is 7. The smallest absolute Gasteiger partial charge is 0.244 e. The van der Waals surface area contributed by atoms with Crippen LogP contribution in [0.25, 0.3) is 6.08 Å². The maximum Gasteiger partial charge on any atom is 0.244 e. The minimum Gasteiger partial charge on any atom is -0.396 e. The summed E-state index contributed by atoms with van der Waals surface area (Å²) in [7, 11) is 1.55. The number of amides is 1. The van der Waals surface area contributed by atoms with Gasteiger partial charge in [-0.2, -0.15) is 0 Å². The van der Waals surface area contributed by atoms with Gasteiger partial charge in [-0.05, 0) is 37.1 Å². The number of halogens is 1. The Balaban J connectivity index is 2.66. The molecule has 5 nitrogen and oxygen atoms in total. The van der Waals surface area contributed by atoms with Crippen LogP contribution in [0.1, 0.15) is 18.9 Å². The van der Waals surface area contributed by atoms with E-state index in [0.717, 1.165) is 5.56 Å². The molecule has 20 heavy (non-hydrogen) atoms. The van der Waals surface area contributed by atoms with E-state index in [1.807, 2.05) is 6.92 Å². The van der Waals surface area contributed by atoms with Crippen molar-refractivity contribution in [2.24, 2.45) is 0 Å². The number of methoxy groups -OCH3 is 1. The monoisotopic (exact) mass is 298 g/mol. The van der Waals surface area contributed by atoms with E-state index < -0.39 is 5.54 Å². The summed E-state index contributed by atoms with van der Waals surface area (Å²) in [5, 5.41) is 12.2. The molecule has 6 heteroatoms. The Morgan fingerprint density at radius 2 is 2.40 bits per heavy atom. The Kier molecular flexibility index (Phi) is 6.64. The highest BCUT2D eigenvalue weighted by atomic mass is 35.5. The highest BCUT2D eigenvalue weighted by Gasteiger charge is 2.24. The molecule has 0 saturated carbocycles. The van der Waals surface area contributed by atoms with Gasteiger partial charge < -0.3 is 15.2 Å². The second-order valence-electron chi connectivity index (χ2n) is 4.70. The van der Waals surface area contributed by atoms with Crippen LogP contribution < -0.4 is 5.32 Å². The largest absolute Gasteiger partial charge is 0.396 e. The predicted octanol–water partition coefficient (Wildman–Crippen LogP) is 1.65. The van der Waals surface area contributed by atoms with Crippen molar-refractivity contribution in [3.8, 4) is 0 Å². The number of hydrogen-bond donors (Lipinski definition) is 2. The maximum atomic E-state index is 11.9. The van der Waals surface area contributed by atoms with Gasteiger partial charge in [-0.25, -0.2) is 4.98 Å². The molecule has 1 aromatic rings. The molecule has 2 N–H and O–H groups in total. The molecule has 1 atom stereocenters. The normalized spacial score (nSPS) is 14.2. The second kappa shape index (κ2) is 7.99. The van der Waals surface area contributed by atoms with Gasteiger partial charge in [0.25, 0.3) is 0 Å². The highest BCUT2D eigenvalue weighted by molar-refractivity contribution is 6.29. The summed E-state index contributed by atoms with van der Waals surface area (Å²) < 4.78 is 5.06. The fraction of sp³-hybridized carbons (Fsp3) is 0.429. The first-order valence-corrected chi connectivity index (χ1v) is 6.58. The second-order valence-corrected chi connectivity index (χ2v) is 5.09. The number of carbonyl (C=O) groups excluding carboxylic acids is 1. The van der Waals surface area contributed by atoms with Crippen molar-refractivity contribution in [2.75, 3.05) is 20.3 Å². The van der Waals surface area contributed by atoms with Gasteiger partial charge >= 0.3 is 0 Å². The molecule has 0 bridgehead atoms. The van der Waals surface area contributed by atoms with E-state index >= 15 is 0 Å². The third-order valence-corrected chi connectivity index (χ3v) is 2.94. The molecule has 1 heterocycles. The summed E-state index contributed by atoms with van der Waals surface area (Å²) in [4.78, 5) is 15.7. The van der Waals surface area contributed by atoms with E-state index in [-0.39, 0.29) is 12.5 Å². The number of ether oxygens (including phenoxy) is 1. The Morgan fingerprint density at radius 1 is 1.65 bits per heavy atom. The van der Waals surface area contributed by atoms with Crippen LogP contribution in [0.5, 0.6) is 0 Å². The predicted molar refractivity (Wildman–Crippen MR) is 78.4 cm³/mol. The standard InChI is InChI=1S/C14H19ClN2O3/c1-14(6-8-18,10-20-2)17-13(19)4-3-11-5-7-16-12(15)9-11/h3-5,7,9,18H,6,8,10H2,1-2H3,(H,17,19)/b4-3+. The fourth-order valence-electron chi connectivity index (χ4n) is 1.77. The van der Waals surface area contributed by atoms with E-state index in [0.29, 0.717) is 18.2 Å². The van der Waals surface area contributed by atoms with E-state index in [4.69, 9.17) is 21.4 Å². The minimum atomic E-state index is -0.596. The number of nitrogens with one attached hydrogen (secondary N) is 1. The van der Waals surface area contributed by atoms with Gasteiger partial charge in [-0.1, -0.05) is 11.6 Å². The number of hydrogen-bond acceptors (Lipinski definition) is 4. The number of aliphatic hydroxyl groups excluding tert-OH is 1. The molecule has 0 radical (unpaired) electrons. The summed E-state index contributed by atoms with van der Waals surface area (Å²) in [6.45, 7) is 2.12. The first-order chi connectivity index (χ1) is 9.49. The summed E-state index contributed by atoms with van der Waals surface area (Å²) in [6.07, 6.45) is 5.05. The molecule has 0 aliphatic rings. The molecule has 0 aromatic carbocycles. The summed E-state index contributed by atoms with van der Waals surface area (Å²) in [6, 6.07) is 3.41. The molecule has 0 spiro atoms. The number of nitrogens with zero attached hydrogens (tertiary/aromatic N) is 1. The lowest BCUT2D eigenvalue weighted by atomic mass is 9.99. The first-order valence-electron chi connectivity index (χ1n) is 6.21. The lowest BCUT2D eigenvalue weighted by molar-refractivity contribution is -0.119. The Labute approximate surface area is 123 Å². The fourth-order valence-corrected chi connectivity index (χ4v) is 1.95. The zero-order chi connectivity index (χ0) is 15.0. The van der Waals surface area contributed by atoms with Gasteiger partial charge in [-0.3, -0.25) is 4.79 Å². The van der Waals surface area contributed by atoms with Crippen LogP contribution in [0.4, 0.5) is 0 Å². The van der Waals surface area contributed by atoms with Crippen LogP contribution in [0.3, 0.4) is 0 Å². The van der Waals surface area contributed by atoms with Crippen molar-refractivity contribution in [1.29, 1.82) is 0 Å². The molecule has 1 unspecified atom stereocenters. The van der Waals surface area contributed by atoms with Gasteiger partial charge in [-0.15, -0.1) is 0 Å². The third kappa shape index (κ3) is 5.69. The van der Waals surface area contributed by atoms with Gasteiger partial charge in [0.15, 0.2) is 0 Å². The van der Waals surface area contributed by atoms with Crippen LogP contribution in [-0.4, -0.2) is 41.9 Å². The first kappa shape index (κ1) is 16.6. The van der Waals surface area contributed by atoms with Gasteiger partial charge in [0.2, 0.25) is 5.91 Å². The van der Waals surface area contributed by atoms with Gasteiger partial charge in [0, 0.05) is 26.0 Å². The molecule has 1 rings (SSSR count). The van der Waals surface area contributed by atoms with E-state index in [1.165, 1.54) is 6.08 Å². The molecule has 0 saturated heterocycles. The Bertz CT molecular complexity index is 471. The van der Waals surface area contributed by atoms with Gasteiger partial charge in [0.05, 0.1) is 12.1 Å². The zero-order valence-electron chi connectivity index (χ0n) is 11.6. The zero-order valence-corrected chi connectivity index (χ0v) is 12.4. The molecule has 1 aromatic heterocycles. The molecule has 0 fully saturated rings. The Hall–Kier alpha value is -1.43. The minimum absolute atomic E-state index is 0.0240. The molecule has 1 amide bonds. The Morgan fingerprint density at radius 3 is 3.00 bits per heavy atom. The molecule has 0 aliphatic carbocycles. The number of pyridine rings is 1. The quantitative estimate of drug-likeness (QED) is 0.593. The van der Waals surface area contributed by atoms with E-state index in [2.05, 4.69) is 10.3 Å². The van der Waals surface area contributed by atoms with Crippen molar-refractivity contribution in [3.63, 3.8) is 0 Å². The number of carbonyl (C=O) groups is 1. The van der Waals surface area contributed by atoms with E-state index in [9.17, 15) is 4.79 Å². The van der Waals surface area contributed by atoms with E-state index in [1.54, 1.807) is 31.5 Å². The third-order valence-electron chi connectivity index (χ3n) is 2.73. The average Bonchev–Trinajstić information content (AvgIpc) is 2.37. The van der Waals surface area contributed by atoms with Crippen LogP contribution in [0.15, 0.2) is 24.4 Å². The topological polar surface area (TPSA) is 71.5 Å². The average molecular weight is 299 g/mol. The number of aromatic nitrogens is 1. The van der Waals surface area contributed by atoms with Crippen molar-refractivity contribution >= 4 is 23.6 Å². The lowest BCUT2D eigenvalue weighted by Crippen LogP contribution is -2.49. The van der Waals surface area contributed by atoms with Crippen LogP contribution in [-0.2, 0) is 9.53 Å². The highest BCUT2D eigenvalue weighted by Crippen LogP contribution is 2.11. The van der Waals surface area contributed by atoms with Crippen molar-refractivity contribution < 1.29 is 14.6 Å². The number of aliphatic hydroxyl groups is 1.